The molecule has 2 heterocycles. The first-order chi connectivity index (χ1) is 14.8. The van der Waals surface area contributed by atoms with E-state index >= 15 is 0 Å². The van der Waals surface area contributed by atoms with Crippen LogP contribution in [0.15, 0.2) is 57.0 Å². The summed E-state index contributed by atoms with van der Waals surface area (Å²) >= 11 is 2.31. The van der Waals surface area contributed by atoms with Gasteiger partial charge in [0.15, 0.2) is 15.0 Å². The molecule has 0 atom stereocenters. The predicted octanol–water partition coefficient (Wildman–Crippen LogP) is 3.49. The van der Waals surface area contributed by atoms with Crippen molar-refractivity contribution in [1.29, 1.82) is 0 Å². The standard InChI is InChI=1S/C19H16N4O5S3/c1-27-12-5-3-11(4-6-12)17-22-23-19(28-17)29-10-16(24)21-18-20-14-8-7-13(31(2,25)26)9-15(14)30-18/h3-9H,10H2,1-2H3,(H,20,21,24). The molecular weight excluding hydrogens is 460 g/mol. The maximum Gasteiger partial charge on any atom is 0.277 e. The molecule has 0 saturated carbocycles. The van der Waals surface area contributed by atoms with Crippen molar-refractivity contribution >= 4 is 54.2 Å². The summed E-state index contributed by atoms with van der Waals surface area (Å²) in [5.41, 5.74) is 1.36. The number of methoxy groups -OCH3 is 1. The fourth-order valence-corrected chi connectivity index (χ4v) is 4.80. The SMILES string of the molecule is COc1ccc(-c2nnc(SCC(=O)Nc3nc4ccc(S(C)(=O)=O)cc4s3)o2)cc1. The highest BCUT2D eigenvalue weighted by Gasteiger charge is 2.14. The van der Waals surface area contributed by atoms with Crippen LogP contribution in [0.25, 0.3) is 21.7 Å². The van der Waals surface area contributed by atoms with Crippen molar-refractivity contribution in [1.82, 2.24) is 15.2 Å². The van der Waals surface area contributed by atoms with Gasteiger partial charge >= 0.3 is 0 Å². The second-order valence-corrected chi connectivity index (χ2v) is 10.3. The van der Waals surface area contributed by atoms with Gasteiger partial charge in [0, 0.05) is 11.8 Å². The largest absolute Gasteiger partial charge is 0.497 e. The van der Waals surface area contributed by atoms with Crippen molar-refractivity contribution < 1.29 is 22.4 Å². The molecule has 2 aromatic heterocycles. The number of nitrogens with zero attached hydrogens (tertiary/aromatic N) is 3. The van der Waals surface area contributed by atoms with Gasteiger partial charge in [-0.2, -0.15) is 0 Å². The first-order valence-corrected chi connectivity index (χ1v) is 12.5. The van der Waals surface area contributed by atoms with Crippen LogP contribution in [0, 0.1) is 0 Å². The van der Waals surface area contributed by atoms with Gasteiger partial charge in [-0.25, -0.2) is 13.4 Å². The lowest BCUT2D eigenvalue weighted by Gasteiger charge is -1.99. The number of ether oxygens (including phenoxy) is 1. The first kappa shape index (κ1) is 21.3. The smallest absolute Gasteiger partial charge is 0.277 e. The Hall–Kier alpha value is -2.96. The Morgan fingerprint density at radius 2 is 1.97 bits per heavy atom. The van der Waals surface area contributed by atoms with Crippen molar-refractivity contribution in [3.8, 4) is 17.2 Å². The predicted molar refractivity (Wildman–Crippen MR) is 118 cm³/mol. The van der Waals surface area contributed by atoms with E-state index in [1.54, 1.807) is 43.5 Å². The Bertz CT molecular complexity index is 1350. The van der Waals surface area contributed by atoms with Crippen molar-refractivity contribution in [2.45, 2.75) is 10.1 Å². The van der Waals surface area contributed by atoms with E-state index in [-0.39, 0.29) is 21.8 Å². The number of thioether (sulfide) groups is 1. The topological polar surface area (TPSA) is 124 Å². The number of sulfone groups is 1. The first-order valence-electron chi connectivity index (χ1n) is 8.83. The number of fused-ring (bicyclic) bond motifs is 1. The minimum absolute atomic E-state index is 0.0504. The number of aromatic nitrogens is 3. The lowest BCUT2D eigenvalue weighted by atomic mass is 10.2. The van der Waals surface area contributed by atoms with Crippen LogP contribution in [0.4, 0.5) is 5.13 Å². The average molecular weight is 477 g/mol. The number of carbonyl (C=O) groups is 1. The summed E-state index contributed by atoms with van der Waals surface area (Å²) < 4.78 is 34.8. The van der Waals surface area contributed by atoms with Crippen LogP contribution in [0.2, 0.25) is 0 Å². The van der Waals surface area contributed by atoms with Crippen LogP contribution in [0.5, 0.6) is 5.75 Å². The number of anilines is 1. The van der Waals surface area contributed by atoms with E-state index in [1.807, 2.05) is 0 Å². The van der Waals surface area contributed by atoms with Gasteiger partial charge in [0.2, 0.25) is 11.8 Å². The molecule has 0 unspecified atom stereocenters. The minimum Gasteiger partial charge on any atom is -0.497 e. The molecule has 0 radical (unpaired) electrons. The summed E-state index contributed by atoms with van der Waals surface area (Å²) in [6.45, 7) is 0. The number of hydrogen-bond acceptors (Lipinski definition) is 10. The van der Waals surface area contributed by atoms with Gasteiger partial charge in [0.25, 0.3) is 5.22 Å². The molecule has 160 valence electrons. The van der Waals surface area contributed by atoms with E-state index in [0.717, 1.165) is 29.3 Å². The monoisotopic (exact) mass is 476 g/mol. The van der Waals surface area contributed by atoms with Crippen LogP contribution in [0.1, 0.15) is 0 Å². The molecule has 2 aromatic carbocycles. The van der Waals surface area contributed by atoms with Crippen LogP contribution in [-0.2, 0) is 14.6 Å². The zero-order valence-corrected chi connectivity index (χ0v) is 18.8. The molecule has 0 spiro atoms. The number of thiazole rings is 1. The highest BCUT2D eigenvalue weighted by molar-refractivity contribution is 7.99. The molecule has 9 nitrogen and oxygen atoms in total. The molecule has 31 heavy (non-hydrogen) atoms. The number of rotatable bonds is 7. The van der Waals surface area contributed by atoms with Crippen molar-refractivity contribution in [2.24, 2.45) is 0 Å². The van der Waals surface area contributed by atoms with Crippen LogP contribution >= 0.6 is 23.1 Å². The second kappa shape index (κ2) is 8.65. The van der Waals surface area contributed by atoms with Gasteiger partial charge in [0.05, 0.1) is 28.0 Å². The van der Waals surface area contributed by atoms with Crippen molar-refractivity contribution in [2.75, 3.05) is 24.4 Å². The van der Waals surface area contributed by atoms with Crippen molar-refractivity contribution in [3.05, 3.63) is 42.5 Å². The zero-order valence-electron chi connectivity index (χ0n) is 16.4. The molecule has 12 heteroatoms. The molecule has 0 saturated heterocycles. The normalized spacial score (nSPS) is 11.5. The van der Waals surface area contributed by atoms with E-state index in [4.69, 9.17) is 9.15 Å². The minimum atomic E-state index is -3.31. The summed E-state index contributed by atoms with van der Waals surface area (Å²) in [5.74, 6) is 0.821. The molecule has 4 aromatic rings. The molecule has 0 fully saturated rings. The van der Waals surface area contributed by atoms with Gasteiger partial charge < -0.3 is 14.5 Å². The number of benzene rings is 2. The van der Waals surface area contributed by atoms with E-state index in [9.17, 15) is 13.2 Å². The van der Waals surface area contributed by atoms with Crippen LogP contribution < -0.4 is 10.1 Å². The van der Waals surface area contributed by atoms with Crippen LogP contribution in [-0.4, -0.2) is 48.6 Å². The number of amides is 1. The summed E-state index contributed by atoms with van der Waals surface area (Å²) in [7, 11) is -1.72. The fraction of sp³-hybridized carbons (Fsp3) is 0.158. The molecular formula is C19H16N4O5S3. The Morgan fingerprint density at radius 3 is 2.68 bits per heavy atom. The van der Waals surface area contributed by atoms with Gasteiger partial charge in [-0.15, -0.1) is 10.2 Å². The molecule has 1 amide bonds. The zero-order chi connectivity index (χ0) is 22.0. The number of carbonyl (C=O) groups excluding carboxylic acids is 1. The van der Waals surface area contributed by atoms with Gasteiger partial charge in [-0.05, 0) is 42.5 Å². The lowest BCUT2D eigenvalue weighted by molar-refractivity contribution is -0.113. The van der Waals surface area contributed by atoms with E-state index < -0.39 is 9.84 Å². The molecule has 0 aliphatic heterocycles. The Morgan fingerprint density at radius 1 is 1.19 bits per heavy atom. The summed E-state index contributed by atoms with van der Waals surface area (Å²) in [6, 6.07) is 11.8. The van der Waals surface area contributed by atoms with Crippen LogP contribution in [0.3, 0.4) is 0 Å². The average Bonchev–Trinajstić information content (AvgIpc) is 3.37. The van der Waals surface area contributed by atoms with Crippen molar-refractivity contribution in [3.63, 3.8) is 0 Å². The summed E-state index contributed by atoms with van der Waals surface area (Å²) in [5, 5.41) is 11.3. The number of hydrogen-bond donors (Lipinski definition) is 1. The highest BCUT2D eigenvalue weighted by Crippen LogP contribution is 2.29. The Balaban J connectivity index is 1.37. The maximum absolute atomic E-state index is 12.3. The van der Waals surface area contributed by atoms with Gasteiger partial charge in [-0.1, -0.05) is 23.1 Å². The lowest BCUT2D eigenvalue weighted by Crippen LogP contribution is -2.13. The van der Waals surface area contributed by atoms with E-state index in [0.29, 0.717) is 21.2 Å². The third-order valence-corrected chi connectivity index (χ3v) is 6.97. The summed E-state index contributed by atoms with van der Waals surface area (Å²) in [6.07, 6.45) is 1.15. The Kier molecular flexibility index (Phi) is 5.94. The maximum atomic E-state index is 12.3. The quantitative estimate of drug-likeness (QED) is 0.399. The second-order valence-electron chi connectivity index (χ2n) is 6.36. The van der Waals surface area contributed by atoms with E-state index in [2.05, 4.69) is 20.5 Å². The third kappa shape index (κ3) is 5.03. The third-order valence-electron chi connectivity index (χ3n) is 4.10. The molecule has 0 aliphatic carbocycles. The fourth-order valence-electron chi connectivity index (χ4n) is 2.59. The highest BCUT2D eigenvalue weighted by atomic mass is 32.2. The number of nitrogens with one attached hydrogen (secondary N) is 1. The summed E-state index contributed by atoms with van der Waals surface area (Å²) in [4.78, 5) is 16.8. The van der Waals surface area contributed by atoms with E-state index in [1.165, 1.54) is 17.4 Å². The Labute approximate surface area is 185 Å². The molecule has 0 aliphatic rings. The molecule has 1 N–H and O–H groups in total. The molecule has 4 rings (SSSR count). The van der Waals surface area contributed by atoms with Gasteiger partial charge in [-0.3, -0.25) is 4.79 Å². The van der Waals surface area contributed by atoms with Gasteiger partial charge in [0.1, 0.15) is 5.75 Å². The molecule has 0 bridgehead atoms.